The summed E-state index contributed by atoms with van der Waals surface area (Å²) in [5, 5.41) is 23.9. The number of unbranched alkanes of at least 4 members (excludes halogenated alkanes) is 4. The third kappa shape index (κ3) is 10.9. The predicted octanol–water partition coefficient (Wildman–Crippen LogP) is 11.8. The molecular formula is C52H70F3NO6S2. The number of hydrogen-bond donors (Lipinski definition) is 2. The summed E-state index contributed by atoms with van der Waals surface area (Å²) in [6.07, 6.45) is 7.39. The van der Waals surface area contributed by atoms with Gasteiger partial charge in [0.25, 0.3) is 0 Å². The van der Waals surface area contributed by atoms with Gasteiger partial charge in [-0.15, -0.1) is 0 Å². The molecule has 0 amide bonds. The number of halogens is 3. The van der Waals surface area contributed by atoms with Crippen LogP contribution < -0.4 is 4.90 Å². The Bertz CT molecular complexity index is 2400. The number of anilines is 1. The van der Waals surface area contributed by atoms with E-state index in [1.165, 1.54) is 36.4 Å². The molecule has 0 saturated carbocycles. The molecule has 0 aromatic heterocycles. The Hall–Kier alpha value is -3.71. The van der Waals surface area contributed by atoms with Crippen LogP contribution in [0.1, 0.15) is 150 Å². The fraction of sp³-hybridized carbons (Fsp3) is 0.538. The lowest BCUT2D eigenvalue weighted by molar-refractivity contribution is 0.0126. The molecule has 0 saturated heterocycles. The second-order valence-corrected chi connectivity index (χ2v) is 22.7. The largest absolute Gasteiger partial charge is 0.392 e. The number of benzene rings is 4. The van der Waals surface area contributed by atoms with Gasteiger partial charge < -0.3 is 15.1 Å². The van der Waals surface area contributed by atoms with Gasteiger partial charge in [0.05, 0.1) is 33.5 Å². The number of aliphatic hydroxyl groups excluding tert-OH is 2. The highest BCUT2D eigenvalue weighted by Gasteiger charge is 2.51. The van der Waals surface area contributed by atoms with Crippen molar-refractivity contribution in [1.29, 1.82) is 0 Å². The summed E-state index contributed by atoms with van der Waals surface area (Å²) in [7, 11) is -3.59. The van der Waals surface area contributed by atoms with E-state index >= 15 is 0 Å². The van der Waals surface area contributed by atoms with E-state index in [1.54, 1.807) is 31.2 Å². The molecule has 6 rings (SSSR count). The second kappa shape index (κ2) is 21.3. The van der Waals surface area contributed by atoms with E-state index in [-0.39, 0.29) is 27.8 Å². The number of sulfone groups is 2. The summed E-state index contributed by atoms with van der Waals surface area (Å²) in [6.45, 7) is 11.7. The van der Waals surface area contributed by atoms with Gasteiger partial charge >= 0.3 is 0 Å². The highest BCUT2D eigenvalue weighted by molar-refractivity contribution is 7.91. The molecule has 2 aliphatic rings. The SMILES string of the molecule is CCCCC1(CCCC)CS(=O)(=O)c2c(C)cc(F)cc2[C@@H](c2ccc(F)cc2)[C@H]1O.CCCCC1(CCCC)CS(=O)(=O)c2c(C)cc(N(C)C)cc2[C@@H](c2ccc(F)cc2)[C@H]1O. The first-order valence-electron chi connectivity index (χ1n) is 23.2. The molecule has 0 spiro atoms. The summed E-state index contributed by atoms with van der Waals surface area (Å²) < 4.78 is 97.1. The second-order valence-electron chi connectivity index (χ2n) is 18.8. The minimum Gasteiger partial charge on any atom is -0.392 e. The van der Waals surface area contributed by atoms with Crippen LogP contribution in [0.2, 0.25) is 0 Å². The van der Waals surface area contributed by atoms with E-state index < -0.39 is 66.2 Å². The Kier molecular flexibility index (Phi) is 17.1. The predicted molar refractivity (Wildman–Crippen MR) is 252 cm³/mol. The van der Waals surface area contributed by atoms with Crippen LogP contribution in [0.4, 0.5) is 18.9 Å². The lowest BCUT2D eigenvalue weighted by atomic mass is 9.68. The van der Waals surface area contributed by atoms with Crippen LogP contribution in [0, 0.1) is 42.1 Å². The monoisotopic (exact) mass is 925 g/mol. The first kappa shape index (κ1) is 51.3. The van der Waals surface area contributed by atoms with Gasteiger partial charge in [-0.05, 0) is 121 Å². The van der Waals surface area contributed by atoms with Crippen molar-refractivity contribution in [2.75, 3.05) is 30.5 Å². The average molecular weight is 926 g/mol. The number of hydrogen-bond acceptors (Lipinski definition) is 7. The standard InChI is InChI=1S/C27H38FNO3S.C25H32F2O3S/c1-6-8-14-27(15-9-7-2)18-33(31,32)25-19(3)16-22(29(4)5)17-23(25)24(26(27)30)20-10-12-21(28)13-11-20;1-4-6-12-25(13-7-5-2)16-31(29,30)23-17(3)14-20(27)15-21(23)22(24(25)28)18-8-10-19(26)11-9-18/h10-13,16-17,24,26,30H,6-9,14-15,18H2,1-5H3;8-11,14-15,22,24,28H,4-7,12-13,16H2,1-3H3/t24-,26-;22-,24-/m11/s1. The maximum Gasteiger partial charge on any atom is 0.179 e. The van der Waals surface area contributed by atoms with Crippen LogP contribution in [0.25, 0.3) is 0 Å². The van der Waals surface area contributed by atoms with Gasteiger partial charge in [-0.1, -0.05) is 103 Å². The minimum atomic E-state index is -3.78. The topological polar surface area (TPSA) is 112 Å². The zero-order valence-electron chi connectivity index (χ0n) is 39.1. The summed E-state index contributed by atoms with van der Waals surface area (Å²) in [4.78, 5) is 2.38. The van der Waals surface area contributed by atoms with Crippen molar-refractivity contribution >= 4 is 25.4 Å². The maximum atomic E-state index is 14.5. The highest BCUT2D eigenvalue weighted by atomic mass is 32.2. The van der Waals surface area contributed by atoms with Crippen molar-refractivity contribution in [1.82, 2.24) is 0 Å². The Balaban J connectivity index is 0.000000241. The van der Waals surface area contributed by atoms with Crippen LogP contribution >= 0.6 is 0 Å². The quantitative estimate of drug-likeness (QED) is 0.114. The van der Waals surface area contributed by atoms with Crippen LogP contribution in [-0.2, 0) is 19.7 Å². The van der Waals surface area contributed by atoms with E-state index in [2.05, 4.69) is 13.8 Å². The van der Waals surface area contributed by atoms with Crippen molar-refractivity contribution in [3.05, 3.63) is 124 Å². The summed E-state index contributed by atoms with van der Waals surface area (Å²) in [5.74, 6) is -2.84. The molecule has 4 atom stereocenters. The zero-order chi connectivity index (χ0) is 47.2. The first-order chi connectivity index (χ1) is 30.2. The lowest BCUT2D eigenvalue weighted by Crippen LogP contribution is -2.43. The van der Waals surface area contributed by atoms with Crippen molar-refractivity contribution < 1.29 is 40.2 Å². The van der Waals surface area contributed by atoms with Gasteiger partial charge in [0, 0.05) is 42.4 Å². The molecule has 352 valence electrons. The van der Waals surface area contributed by atoms with Gasteiger partial charge in [0.15, 0.2) is 19.7 Å². The Morgan fingerprint density at radius 3 is 1.23 bits per heavy atom. The van der Waals surface area contributed by atoms with Crippen molar-refractivity contribution in [3.8, 4) is 0 Å². The summed E-state index contributed by atoms with van der Waals surface area (Å²) in [6, 6.07) is 18.1. The van der Waals surface area contributed by atoms with Gasteiger partial charge in [-0.3, -0.25) is 0 Å². The molecule has 64 heavy (non-hydrogen) atoms. The summed E-state index contributed by atoms with van der Waals surface area (Å²) in [5.41, 5.74) is 2.53. The smallest absolute Gasteiger partial charge is 0.179 e. The van der Waals surface area contributed by atoms with Gasteiger partial charge in [0.1, 0.15) is 17.5 Å². The molecule has 7 nitrogen and oxygen atoms in total. The molecule has 2 N–H and O–H groups in total. The number of fused-ring (bicyclic) bond motifs is 2. The molecule has 4 aromatic rings. The molecule has 0 aliphatic carbocycles. The Morgan fingerprint density at radius 2 is 0.891 bits per heavy atom. The minimum absolute atomic E-state index is 0.0615. The molecule has 2 heterocycles. The van der Waals surface area contributed by atoms with E-state index in [4.69, 9.17) is 0 Å². The summed E-state index contributed by atoms with van der Waals surface area (Å²) >= 11 is 0. The van der Waals surface area contributed by atoms with Crippen LogP contribution in [0.5, 0.6) is 0 Å². The van der Waals surface area contributed by atoms with Crippen molar-refractivity contribution in [2.24, 2.45) is 10.8 Å². The molecular weight excluding hydrogens is 856 g/mol. The molecule has 0 fully saturated rings. The Labute approximate surface area is 381 Å². The third-order valence-corrected chi connectivity index (χ3v) is 18.0. The van der Waals surface area contributed by atoms with Gasteiger partial charge in [-0.2, -0.15) is 0 Å². The molecule has 0 radical (unpaired) electrons. The fourth-order valence-corrected chi connectivity index (χ4v) is 15.4. The van der Waals surface area contributed by atoms with E-state index in [0.29, 0.717) is 52.8 Å². The van der Waals surface area contributed by atoms with Gasteiger partial charge in [0.2, 0.25) is 0 Å². The van der Waals surface area contributed by atoms with E-state index in [9.17, 15) is 40.2 Å². The zero-order valence-corrected chi connectivity index (χ0v) is 40.7. The van der Waals surface area contributed by atoms with E-state index in [1.807, 2.05) is 51.9 Å². The van der Waals surface area contributed by atoms with Crippen molar-refractivity contribution in [2.45, 2.75) is 152 Å². The number of aliphatic hydroxyl groups is 2. The lowest BCUT2D eigenvalue weighted by Gasteiger charge is -2.40. The first-order valence-corrected chi connectivity index (χ1v) is 26.5. The molecule has 2 aliphatic heterocycles. The number of aryl methyl sites for hydroxylation is 2. The maximum absolute atomic E-state index is 14.5. The number of nitrogens with zero attached hydrogens (tertiary/aromatic N) is 1. The highest BCUT2D eigenvalue weighted by Crippen LogP contribution is 2.52. The third-order valence-electron chi connectivity index (χ3n) is 13.8. The van der Waals surface area contributed by atoms with Gasteiger partial charge in [-0.25, -0.2) is 30.0 Å². The Morgan fingerprint density at radius 1 is 0.547 bits per heavy atom. The molecule has 0 unspecified atom stereocenters. The normalized spacial score (nSPS) is 21.6. The molecule has 4 aromatic carbocycles. The number of rotatable bonds is 15. The molecule has 12 heteroatoms. The van der Waals surface area contributed by atoms with Crippen molar-refractivity contribution in [3.63, 3.8) is 0 Å². The molecule has 0 bridgehead atoms. The fourth-order valence-electron chi connectivity index (χ4n) is 10.5. The average Bonchev–Trinajstić information content (AvgIpc) is 3.35. The van der Waals surface area contributed by atoms with E-state index in [0.717, 1.165) is 62.6 Å². The van der Waals surface area contributed by atoms with Crippen LogP contribution in [0.3, 0.4) is 0 Å². The van der Waals surface area contributed by atoms with Crippen LogP contribution in [-0.4, -0.2) is 64.9 Å². The van der Waals surface area contributed by atoms with Crippen LogP contribution in [0.15, 0.2) is 82.6 Å².